The van der Waals surface area contributed by atoms with Gasteiger partial charge in [-0.2, -0.15) is 0 Å². The summed E-state index contributed by atoms with van der Waals surface area (Å²) in [7, 11) is 0. The van der Waals surface area contributed by atoms with Crippen LogP contribution in [0.15, 0.2) is 73.2 Å². The van der Waals surface area contributed by atoms with Crippen molar-refractivity contribution in [3.05, 3.63) is 84.3 Å². The van der Waals surface area contributed by atoms with Crippen LogP contribution in [-0.4, -0.2) is 33.9 Å². The fourth-order valence-corrected chi connectivity index (χ4v) is 3.68. The lowest BCUT2D eigenvalue weighted by Gasteiger charge is -2.32. The van der Waals surface area contributed by atoms with E-state index in [1.54, 1.807) is 18.6 Å². The summed E-state index contributed by atoms with van der Waals surface area (Å²) < 4.78 is 0. The molecule has 0 spiro atoms. The lowest BCUT2D eigenvalue weighted by molar-refractivity contribution is 0.0690. The van der Waals surface area contributed by atoms with Crippen molar-refractivity contribution in [1.82, 2.24) is 14.9 Å². The van der Waals surface area contributed by atoms with E-state index < -0.39 is 0 Å². The molecule has 136 valence electrons. The van der Waals surface area contributed by atoms with Gasteiger partial charge in [-0.05, 0) is 55.0 Å². The van der Waals surface area contributed by atoms with Crippen molar-refractivity contribution in [2.45, 2.75) is 19.3 Å². The first-order chi connectivity index (χ1) is 13.3. The zero-order chi connectivity index (χ0) is 18.5. The number of nitrogens with zero attached hydrogens (tertiary/aromatic N) is 3. The third-order valence-electron chi connectivity index (χ3n) is 5.24. The van der Waals surface area contributed by atoms with Gasteiger partial charge < -0.3 is 4.90 Å². The molecule has 0 aliphatic carbocycles. The van der Waals surface area contributed by atoms with Crippen LogP contribution >= 0.6 is 0 Å². The number of aromatic nitrogens is 2. The summed E-state index contributed by atoms with van der Waals surface area (Å²) in [6, 6.07) is 18.2. The molecule has 0 N–H and O–H groups in total. The highest BCUT2D eigenvalue weighted by molar-refractivity contribution is 5.94. The summed E-state index contributed by atoms with van der Waals surface area (Å²) in [5, 5.41) is 0. The topological polar surface area (TPSA) is 46.1 Å². The second-order valence-corrected chi connectivity index (χ2v) is 7.10. The number of benzene rings is 1. The zero-order valence-electron chi connectivity index (χ0n) is 15.3. The Morgan fingerprint density at radius 1 is 0.963 bits per heavy atom. The summed E-state index contributed by atoms with van der Waals surface area (Å²) >= 11 is 0. The average Bonchev–Trinajstić information content (AvgIpc) is 2.75. The van der Waals surface area contributed by atoms with E-state index in [1.807, 2.05) is 29.2 Å². The zero-order valence-corrected chi connectivity index (χ0v) is 15.3. The van der Waals surface area contributed by atoms with Crippen LogP contribution in [0.5, 0.6) is 0 Å². The molecule has 0 saturated carbocycles. The van der Waals surface area contributed by atoms with Gasteiger partial charge in [-0.15, -0.1) is 0 Å². The molecule has 0 unspecified atom stereocenters. The van der Waals surface area contributed by atoms with Gasteiger partial charge in [-0.3, -0.25) is 14.8 Å². The van der Waals surface area contributed by atoms with E-state index in [1.165, 1.54) is 5.56 Å². The maximum Gasteiger partial charge on any atom is 0.255 e. The summed E-state index contributed by atoms with van der Waals surface area (Å²) in [4.78, 5) is 23.3. The van der Waals surface area contributed by atoms with E-state index in [0.717, 1.165) is 43.6 Å². The number of hydrogen-bond acceptors (Lipinski definition) is 3. The number of piperidine rings is 1. The molecule has 2 aromatic heterocycles. The molecule has 1 aromatic carbocycles. The molecule has 1 aliphatic heterocycles. The Kier molecular flexibility index (Phi) is 5.24. The first-order valence-corrected chi connectivity index (χ1v) is 9.49. The van der Waals surface area contributed by atoms with Gasteiger partial charge in [0.05, 0.1) is 11.3 Å². The molecule has 3 heterocycles. The summed E-state index contributed by atoms with van der Waals surface area (Å²) in [5.41, 5.74) is 3.83. The molecule has 0 radical (unpaired) electrons. The van der Waals surface area contributed by atoms with Crippen LogP contribution in [0, 0.1) is 5.92 Å². The van der Waals surface area contributed by atoms with Gasteiger partial charge in [0.15, 0.2) is 0 Å². The fourth-order valence-electron chi connectivity index (χ4n) is 3.68. The van der Waals surface area contributed by atoms with Crippen molar-refractivity contribution in [3.8, 4) is 11.3 Å². The molecule has 1 saturated heterocycles. The van der Waals surface area contributed by atoms with Gasteiger partial charge >= 0.3 is 0 Å². The van der Waals surface area contributed by atoms with Gasteiger partial charge in [0.1, 0.15) is 0 Å². The first-order valence-electron chi connectivity index (χ1n) is 9.49. The number of pyridine rings is 2. The monoisotopic (exact) mass is 357 g/mol. The van der Waals surface area contributed by atoms with Crippen LogP contribution in [-0.2, 0) is 6.42 Å². The molecule has 27 heavy (non-hydrogen) atoms. The molecule has 3 aromatic rings. The van der Waals surface area contributed by atoms with Crippen LogP contribution in [0.4, 0.5) is 0 Å². The molecule has 0 atom stereocenters. The molecular weight excluding hydrogens is 334 g/mol. The van der Waals surface area contributed by atoms with Crippen molar-refractivity contribution in [2.75, 3.05) is 13.1 Å². The highest BCUT2D eigenvalue weighted by Gasteiger charge is 2.24. The van der Waals surface area contributed by atoms with Gasteiger partial charge in [0, 0.05) is 37.2 Å². The average molecular weight is 357 g/mol. The van der Waals surface area contributed by atoms with Crippen molar-refractivity contribution in [3.63, 3.8) is 0 Å². The lowest BCUT2D eigenvalue weighted by atomic mass is 9.90. The van der Waals surface area contributed by atoms with Crippen molar-refractivity contribution in [2.24, 2.45) is 5.92 Å². The van der Waals surface area contributed by atoms with Crippen LogP contribution in [0.3, 0.4) is 0 Å². The SMILES string of the molecule is O=C(c1ccc(-c2cccnc2)nc1)N1CCC(Cc2ccccc2)CC1. The molecule has 4 rings (SSSR count). The Morgan fingerprint density at radius 2 is 1.78 bits per heavy atom. The smallest absolute Gasteiger partial charge is 0.255 e. The first kappa shape index (κ1) is 17.4. The predicted octanol–water partition coefficient (Wildman–Crippen LogP) is 4.24. The minimum Gasteiger partial charge on any atom is -0.339 e. The third-order valence-corrected chi connectivity index (χ3v) is 5.24. The lowest BCUT2D eigenvalue weighted by Crippen LogP contribution is -2.38. The molecule has 1 fully saturated rings. The van der Waals surface area contributed by atoms with Gasteiger partial charge in [-0.25, -0.2) is 0 Å². The molecule has 1 amide bonds. The molecular formula is C23H23N3O. The molecule has 0 bridgehead atoms. The normalized spacial score (nSPS) is 14.9. The van der Waals surface area contributed by atoms with Crippen LogP contribution in [0.2, 0.25) is 0 Å². The van der Waals surface area contributed by atoms with E-state index in [9.17, 15) is 4.79 Å². The standard InChI is InChI=1S/C23H23N3O/c27-23(21-8-9-22(25-17-21)20-7-4-12-24-16-20)26-13-10-19(11-14-26)15-18-5-2-1-3-6-18/h1-9,12,16-17,19H,10-11,13-15H2. The van der Waals surface area contributed by atoms with E-state index in [0.29, 0.717) is 11.5 Å². The maximum absolute atomic E-state index is 12.8. The van der Waals surface area contributed by atoms with Crippen molar-refractivity contribution < 1.29 is 4.79 Å². The third kappa shape index (κ3) is 4.22. The number of carbonyl (C=O) groups is 1. The van der Waals surface area contributed by atoms with E-state index in [2.05, 4.69) is 40.3 Å². The summed E-state index contributed by atoms with van der Waals surface area (Å²) in [6.07, 6.45) is 8.42. The number of carbonyl (C=O) groups excluding carboxylic acids is 1. The minimum absolute atomic E-state index is 0.0818. The van der Waals surface area contributed by atoms with Crippen molar-refractivity contribution in [1.29, 1.82) is 0 Å². The predicted molar refractivity (Wildman–Crippen MR) is 106 cm³/mol. The summed E-state index contributed by atoms with van der Waals surface area (Å²) in [5.74, 6) is 0.737. The molecule has 4 heteroatoms. The van der Waals surface area contributed by atoms with Gasteiger partial charge in [0.2, 0.25) is 0 Å². The quantitative estimate of drug-likeness (QED) is 0.702. The fraction of sp³-hybridized carbons (Fsp3) is 0.261. The molecule has 4 nitrogen and oxygen atoms in total. The second-order valence-electron chi connectivity index (χ2n) is 7.10. The summed E-state index contributed by atoms with van der Waals surface area (Å²) in [6.45, 7) is 1.64. The van der Waals surface area contributed by atoms with Crippen molar-refractivity contribution >= 4 is 5.91 Å². The van der Waals surface area contributed by atoms with E-state index in [4.69, 9.17) is 0 Å². The van der Waals surface area contributed by atoms with Crippen LogP contribution in [0.25, 0.3) is 11.3 Å². The highest BCUT2D eigenvalue weighted by Crippen LogP contribution is 2.23. The second kappa shape index (κ2) is 8.12. The van der Waals surface area contributed by atoms with Gasteiger partial charge in [0.25, 0.3) is 5.91 Å². The Bertz CT molecular complexity index is 871. The Balaban J connectivity index is 1.35. The number of rotatable bonds is 4. The Hall–Kier alpha value is -3.01. The maximum atomic E-state index is 12.8. The number of likely N-dealkylation sites (tertiary alicyclic amines) is 1. The number of amides is 1. The van der Waals surface area contributed by atoms with E-state index in [-0.39, 0.29) is 5.91 Å². The Morgan fingerprint density at radius 3 is 2.44 bits per heavy atom. The van der Waals surface area contributed by atoms with Crippen LogP contribution in [0.1, 0.15) is 28.8 Å². The molecule has 1 aliphatic rings. The Labute approximate surface area is 159 Å². The van der Waals surface area contributed by atoms with Gasteiger partial charge in [-0.1, -0.05) is 30.3 Å². The largest absolute Gasteiger partial charge is 0.339 e. The van der Waals surface area contributed by atoms with E-state index >= 15 is 0 Å². The number of hydrogen-bond donors (Lipinski definition) is 0. The highest BCUT2D eigenvalue weighted by atomic mass is 16.2. The van der Waals surface area contributed by atoms with Crippen LogP contribution < -0.4 is 0 Å². The minimum atomic E-state index is 0.0818.